The Hall–Kier alpha value is -4.30. The third-order valence-corrected chi connectivity index (χ3v) is 6.50. The number of methoxy groups -OCH3 is 3. The van der Waals surface area contributed by atoms with Crippen LogP contribution in [0.3, 0.4) is 0 Å². The van der Waals surface area contributed by atoms with E-state index < -0.39 is 17.7 Å². The highest BCUT2D eigenvalue weighted by Crippen LogP contribution is 2.42. The van der Waals surface area contributed by atoms with Crippen molar-refractivity contribution in [2.45, 2.75) is 19.6 Å². The highest BCUT2D eigenvalue weighted by molar-refractivity contribution is 6.46. The lowest BCUT2D eigenvalue weighted by Crippen LogP contribution is -2.32. The molecule has 1 aliphatic rings. The van der Waals surface area contributed by atoms with Crippen LogP contribution in [0.4, 0.5) is 0 Å². The van der Waals surface area contributed by atoms with E-state index in [0.717, 1.165) is 5.56 Å². The van der Waals surface area contributed by atoms with Gasteiger partial charge in [0, 0.05) is 19.2 Å². The molecule has 0 radical (unpaired) electrons. The summed E-state index contributed by atoms with van der Waals surface area (Å²) in [5, 5.41) is 11.4. The van der Waals surface area contributed by atoms with E-state index in [0.29, 0.717) is 40.5 Å². The van der Waals surface area contributed by atoms with Crippen LogP contribution >= 0.6 is 0 Å². The molecule has 3 aromatic rings. The lowest BCUT2D eigenvalue weighted by atomic mass is 9.93. The van der Waals surface area contributed by atoms with Crippen molar-refractivity contribution in [3.05, 3.63) is 94.6 Å². The quantitative estimate of drug-likeness (QED) is 0.237. The smallest absolute Gasteiger partial charge is 0.295 e. The van der Waals surface area contributed by atoms with E-state index in [-0.39, 0.29) is 24.5 Å². The van der Waals surface area contributed by atoms with Crippen LogP contribution in [0.5, 0.6) is 17.2 Å². The maximum Gasteiger partial charge on any atom is 0.295 e. The van der Waals surface area contributed by atoms with Crippen LogP contribution in [-0.2, 0) is 20.9 Å². The third kappa shape index (κ3) is 5.35. The van der Waals surface area contributed by atoms with E-state index in [2.05, 4.69) is 0 Å². The van der Waals surface area contributed by atoms with Crippen LogP contribution in [0.25, 0.3) is 5.76 Å². The fraction of sp³-hybridized carbons (Fsp3) is 0.267. The Morgan fingerprint density at radius 2 is 1.66 bits per heavy atom. The number of amides is 1. The molecule has 1 aliphatic heterocycles. The number of aryl methyl sites for hydroxylation is 1. The fourth-order valence-electron chi connectivity index (χ4n) is 4.55. The van der Waals surface area contributed by atoms with Gasteiger partial charge in [-0.25, -0.2) is 0 Å². The predicted molar refractivity (Wildman–Crippen MR) is 142 cm³/mol. The van der Waals surface area contributed by atoms with Gasteiger partial charge < -0.3 is 29.0 Å². The van der Waals surface area contributed by atoms with Crippen molar-refractivity contribution in [3.8, 4) is 17.2 Å². The largest absolute Gasteiger partial charge is 0.507 e. The number of ketones is 1. The van der Waals surface area contributed by atoms with Crippen LogP contribution < -0.4 is 14.2 Å². The molecule has 1 amide bonds. The molecule has 4 rings (SSSR count). The summed E-state index contributed by atoms with van der Waals surface area (Å²) in [6.07, 6.45) is 0. The van der Waals surface area contributed by atoms with Gasteiger partial charge in [0.25, 0.3) is 11.7 Å². The summed E-state index contributed by atoms with van der Waals surface area (Å²) in [5.74, 6) is -0.147. The van der Waals surface area contributed by atoms with Crippen LogP contribution in [-0.4, -0.2) is 56.2 Å². The fourth-order valence-corrected chi connectivity index (χ4v) is 4.55. The van der Waals surface area contributed by atoms with E-state index in [1.165, 1.54) is 26.2 Å². The number of rotatable bonds is 10. The number of aliphatic hydroxyl groups excluding tert-OH is 1. The second-order valence-electron chi connectivity index (χ2n) is 8.85. The first kappa shape index (κ1) is 26.8. The Morgan fingerprint density at radius 1 is 0.921 bits per heavy atom. The number of benzene rings is 3. The number of carbonyl (C=O) groups is 2. The average molecular weight is 518 g/mol. The summed E-state index contributed by atoms with van der Waals surface area (Å²) in [7, 11) is 4.55. The van der Waals surface area contributed by atoms with Gasteiger partial charge in [-0.3, -0.25) is 9.59 Å². The number of hydrogen-bond acceptors (Lipinski definition) is 7. The molecule has 1 atom stereocenters. The maximum atomic E-state index is 13.3. The highest BCUT2D eigenvalue weighted by atomic mass is 16.5. The van der Waals surface area contributed by atoms with Gasteiger partial charge >= 0.3 is 0 Å². The molecule has 0 spiro atoms. The van der Waals surface area contributed by atoms with Crippen LogP contribution in [0, 0.1) is 6.92 Å². The van der Waals surface area contributed by atoms with Crippen LogP contribution in [0.2, 0.25) is 0 Å². The van der Waals surface area contributed by atoms with Crippen molar-refractivity contribution >= 4 is 17.4 Å². The SMILES string of the molecule is COCCN1C(=O)C(=O)/C(=C(/O)c2ccc(OCc3ccccc3)cc2C)[C@H]1c1ccc(OC)c(OC)c1. The Balaban J connectivity index is 1.74. The molecule has 198 valence electrons. The predicted octanol–water partition coefficient (Wildman–Crippen LogP) is 4.66. The number of likely N-dealkylation sites (tertiary alicyclic amines) is 1. The third-order valence-electron chi connectivity index (χ3n) is 6.50. The summed E-state index contributed by atoms with van der Waals surface area (Å²) < 4.78 is 21.9. The van der Waals surface area contributed by atoms with Crippen molar-refractivity contribution in [3.63, 3.8) is 0 Å². The van der Waals surface area contributed by atoms with Crippen molar-refractivity contribution in [2.24, 2.45) is 0 Å². The number of Topliss-reactive ketones (excluding diaryl/α,β-unsaturated/α-hetero) is 1. The monoisotopic (exact) mass is 517 g/mol. The molecule has 0 aliphatic carbocycles. The minimum absolute atomic E-state index is 0.000577. The summed E-state index contributed by atoms with van der Waals surface area (Å²) in [6.45, 7) is 2.61. The van der Waals surface area contributed by atoms with Gasteiger partial charge in [0.2, 0.25) is 0 Å². The minimum atomic E-state index is -0.835. The number of hydrogen-bond donors (Lipinski definition) is 1. The van der Waals surface area contributed by atoms with Gasteiger partial charge in [0.05, 0.1) is 32.4 Å². The zero-order valence-electron chi connectivity index (χ0n) is 21.9. The first-order chi connectivity index (χ1) is 18.4. The zero-order valence-corrected chi connectivity index (χ0v) is 21.9. The number of ether oxygens (including phenoxy) is 4. The summed E-state index contributed by atoms with van der Waals surface area (Å²) in [6, 6.07) is 19.3. The van der Waals surface area contributed by atoms with Gasteiger partial charge in [-0.1, -0.05) is 36.4 Å². The molecular formula is C30H31NO7. The van der Waals surface area contributed by atoms with E-state index in [1.807, 2.05) is 37.3 Å². The summed E-state index contributed by atoms with van der Waals surface area (Å²) in [4.78, 5) is 27.7. The Morgan fingerprint density at radius 3 is 2.32 bits per heavy atom. The standard InChI is InChI=1S/C30H31NO7/c1-19-16-22(38-18-20-8-6-5-7-9-20)11-12-23(19)28(32)26-27(31(14-15-35-2)30(34)29(26)33)21-10-13-24(36-3)25(17-21)37-4/h5-13,16-17,27,32H,14-15,18H2,1-4H3/b28-26+/t27-/m1/s1. The van der Waals surface area contributed by atoms with Gasteiger partial charge in [0.15, 0.2) is 11.5 Å². The van der Waals surface area contributed by atoms with Crippen molar-refractivity contribution in [2.75, 3.05) is 34.5 Å². The van der Waals surface area contributed by atoms with Gasteiger partial charge in [0.1, 0.15) is 18.1 Å². The van der Waals surface area contributed by atoms with Gasteiger partial charge in [-0.05, 0) is 53.9 Å². The van der Waals surface area contributed by atoms with Crippen molar-refractivity contribution in [1.29, 1.82) is 0 Å². The second-order valence-corrected chi connectivity index (χ2v) is 8.85. The number of nitrogens with zero attached hydrogens (tertiary/aromatic N) is 1. The molecule has 8 heteroatoms. The normalized spacial score (nSPS) is 16.5. The molecule has 1 N–H and O–H groups in total. The maximum absolute atomic E-state index is 13.3. The van der Waals surface area contributed by atoms with E-state index in [9.17, 15) is 14.7 Å². The Kier molecular flexibility index (Phi) is 8.33. The van der Waals surface area contributed by atoms with E-state index >= 15 is 0 Å². The summed E-state index contributed by atoms with van der Waals surface area (Å²) >= 11 is 0. The van der Waals surface area contributed by atoms with Crippen LogP contribution in [0.1, 0.15) is 28.3 Å². The molecule has 0 unspecified atom stereocenters. The average Bonchev–Trinajstić information content (AvgIpc) is 3.19. The van der Waals surface area contributed by atoms with Crippen molar-refractivity contribution in [1.82, 2.24) is 4.90 Å². The second kappa shape index (κ2) is 11.8. The molecule has 0 saturated carbocycles. The Labute approximate surface area is 222 Å². The molecule has 1 saturated heterocycles. The van der Waals surface area contributed by atoms with Crippen LogP contribution in [0.15, 0.2) is 72.3 Å². The number of aliphatic hydroxyl groups is 1. The van der Waals surface area contributed by atoms with Gasteiger partial charge in [-0.2, -0.15) is 0 Å². The molecule has 0 aromatic heterocycles. The molecular weight excluding hydrogens is 486 g/mol. The molecule has 8 nitrogen and oxygen atoms in total. The zero-order chi connectivity index (χ0) is 27.2. The minimum Gasteiger partial charge on any atom is -0.507 e. The lowest BCUT2D eigenvalue weighted by molar-refractivity contribution is -0.140. The molecule has 38 heavy (non-hydrogen) atoms. The first-order valence-corrected chi connectivity index (χ1v) is 12.2. The molecule has 1 fully saturated rings. The van der Waals surface area contributed by atoms with Crippen molar-refractivity contribution < 1.29 is 33.6 Å². The van der Waals surface area contributed by atoms with E-state index in [4.69, 9.17) is 18.9 Å². The first-order valence-electron chi connectivity index (χ1n) is 12.2. The summed E-state index contributed by atoms with van der Waals surface area (Å²) in [5.41, 5.74) is 2.76. The Bertz CT molecular complexity index is 1350. The molecule has 0 bridgehead atoms. The lowest BCUT2D eigenvalue weighted by Gasteiger charge is -2.25. The highest BCUT2D eigenvalue weighted by Gasteiger charge is 2.46. The number of carbonyl (C=O) groups excluding carboxylic acids is 2. The molecule has 1 heterocycles. The van der Waals surface area contributed by atoms with Gasteiger partial charge in [-0.15, -0.1) is 0 Å². The topological polar surface area (TPSA) is 94.5 Å². The van der Waals surface area contributed by atoms with E-state index in [1.54, 1.807) is 36.4 Å². The molecule has 3 aromatic carbocycles.